The monoisotopic (exact) mass is 263 g/mol. The first-order chi connectivity index (χ1) is 8.75. The third kappa shape index (κ3) is 1.97. The lowest BCUT2D eigenvalue weighted by molar-refractivity contribution is 0.457. The fourth-order valence-corrected chi connectivity index (χ4v) is 2.70. The standard InChI is InChI=1S/C13H14ClN3O/c14-9-6-3-7-10(15)11(9)13-17-16-12(18-13)8-4-1-2-5-8/h3,6-8H,1-2,4-5,15H2. The van der Waals surface area contributed by atoms with Gasteiger partial charge >= 0.3 is 0 Å². The minimum absolute atomic E-state index is 0.398. The van der Waals surface area contributed by atoms with Crippen LogP contribution in [0.4, 0.5) is 5.69 Å². The van der Waals surface area contributed by atoms with Crippen molar-refractivity contribution in [2.24, 2.45) is 0 Å². The first-order valence-electron chi connectivity index (χ1n) is 6.13. The van der Waals surface area contributed by atoms with Crippen molar-refractivity contribution in [3.05, 3.63) is 29.1 Å². The van der Waals surface area contributed by atoms with Crippen LogP contribution in [0.5, 0.6) is 0 Å². The molecule has 0 saturated heterocycles. The van der Waals surface area contributed by atoms with Crippen LogP contribution in [-0.2, 0) is 0 Å². The lowest BCUT2D eigenvalue weighted by atomic mass is 10.1. The number of hydrogen-bond donors (Lipinski definition) is 1. The van der Waals surface area contributed by atoms with Gasteiger partial charge in [-0.15, -0.1) is 10.2 Å². The van der Waals surface area contributed by atoms with Crippen LogP contribution in [0.25, 0.3) is 11.5 Å². The van der Waals surface area contributed by atoms with E-state index in [4.69, 9.17) is 21.8 Å². The van der Waals surface area contributed by atoms with Crippen molar-refractivity contribution in [1.29, 1.82) is 0 Å². The van der Waals surface area contributed by atoms with Gasteiger partial charge in [0, 0.05) is 11.6 Å². The molecule has 0 amide bonds. The van der Waals surface area contributed by atoms with E-state index in [9.17, 15) is 0 Å². The van der Waals surface area contributed by atoms with E-state index in [0.717, 1.165) is 12.8 Å². The Morgan fingerprint density at radius 2 is 2.00 bits per heavy atom. The smallest absolute Gasteiger partial charge is 0.251 e. The van der Waals surface area contributed by atoms with Crippen molar-refractivity contribution in [1.82, 2.24) is 10.2 Å². The van der Waals surface area contributed by atoms with Crippen LogP contribution < -0.4 is 5.73 Å². The van der Waals surface area contributed by atoms with Crippen molar-refractivity contribution in [2.75, 3.05) is 5.73 Å². The molecule has 0 aliphatic heterocycles. The molecule has 18 heavy (non-hydrogen) atoms. The molecule has 0 spiro atoms. The molecule has 1 aromatic heterocycles. The molecule has 4 nitrogen and oxygen atoms in total. The van der Waals surface area contributed by atoms with E-state index in [1.165, 1.54) is 12.8 Å². The molecule has 3 rings (SSSR count). The number of nitrogens with zero attached hydrogens (tertiary/aromatic N) is 2. The van der Waals surface area contributed by atoms with Crippen LogP contribution in [0.15, 0.2) is 22.6 Å². The lowest BCUT2D eigenvalue weighted by Crippen LogP contribution is -1.91. The van der Waals surface area contributed by atoms with Gasteiger partial charge in [-0.05, 0) is 25.0 Å². The maximum Gasteiger partial charge on any atom is 0.251 e. The van der Waals surface area contributed by atoms with Crippen LogP contribution in [0, 0.1) is 0 Å². The van der Waals surface area contributed by atoms with Crippen molar-refractivity contribution < 1.29 is 4.42 Å². The summed E-state index contributed by atoms with van der Waals surface area (Å²) >= 11 is 6.13. The van der Waals surface area contributed by atoms with E-state index in [-0.39, 0.29) is 0 Å². The number of benzene rings is 1. The van der Waals surface area contributed by atoms with E-state index in [1.807, 2.05) is 0 Å². The summed E-state index contributed by atoms with van der Waals surface area (Å²) in [6.45, 7) is 0. The van der Waals surface area contributed by atoms with E-state index in [1.54, 1.807) is 18.2 Å². The molecule has 0 radical (unpaired) electrons. The van der Waals surface area contributed by atoms with E-state index in [2.05, 4.69) is 10.2 Å². The predicted octanol–water partition coefficient (Wildman–Crippen LogP) is 3.63. The highest BCUT2D eigenvalue weighted by atomic mass is 35.5. The van der Waals surface area contributed by atoms with Gasteiger partial charge in [-0.1, -0.05) is 30.5 Å². The first-order valence-corrected chi connectivity index (χ1v) is 6.51. The molecule has 1 heterocycles. The Hall–Kier alpha value is -1.55. The molecule has 1 aliphatic rings. The van der Waals surface area contributed by atoms with Crippen molar-refractivity contribution in [2.45, 2.75) is 31.6 Å². The topological polar surface area (TPSA) is 64.9 Å². The normalized spacial score (nSPS) is 16.3. The van der Waals surface area contributed by atoms with Crippen LogP contribution >= 0.6 is 11.6 Å². The van der Waals surface area contributed by atoms with Gasteiger partial charge in [0.1, 0.15) is 0 Å². The average Bonchev–Trinajstić information content (AvgIpc) is 2.99. The Morgan fingerprint density at radius 1 is 1.22 bits per heavy atom. The molecule has 1 saturated carbocycles. The minimum Gasteiger partial charge on any atom is -0.420 e. The second-order valence-corrected chi connectivity index (χ2v) is 5.04. The molecular weight excluding hydrogens is 250 g/mol. The van der Waals surface area contributed by atoms with Crippen LogP contribution in [0.1, 0.15) is 37.5 Å². The summed E-state index contributed by atoms with van der Waals surface area (Å²) in [5.41, 5.74) is 7.10. The molecule has 0 bridgehead atoms. The van der Waals surface area contributed by atoms with Gasteiger partial charge in [-0.3, -0.25) is 0 Å². The molecule has 0 unspecified atom stereocenters. The maximum absolute atomic E-state index is 6.13. The number of nitrogen functional groups attached to an aromatic ring is 1. The molecule has 2 aromatic rings. The van der Waals surface area contributed by atoms with E-state index >= 15 is 0 Å². The highest BCUT2D eigenvalue weighted by Gasteiger charge is 2.24. The van der Waals surface area contributed by atoms with Gasteiger partial charge in [0.25, 0.3) is 5.89 Å². The highest BCUT2D eigenvalue weighted by Crippen LogP contribution is 2.37. The van der Waals surface area contributed by atoms with Crippen LogP contribution in [-0.4, -0.2) is 10.2 Å². The Balaban J connectivity index is 1.97. The molecule has 1 aliphatic carbocycles. The third-order valence-corrected chi connectivity index (χ3v) is 3.72. The van der Waals surface area contributed by atoms with Crippen LogP contribution in [0.3, 0.4) is 0 Å². The summed E-state index contributed by atoms with van der Waals surface area (Å²) in [6.07, 6.45) is 4.71. The number of hydrogen-bond acceptors (Lipinski definition) is 4. The number of halogens is 1. The van der Waals surface area contributed by atoms with E-state index < -0.39 is 0 Å². The van der Waals surface area contributed by atoms with Gasteiger partial charge in [-0.2, -0.15) is 0 Å². The fourth-order valence-electron chi connectivity index (χ4n) is 2.44. The fraction of sp³-hybridized carbons (Fsp3) is 0.385. The second kappa shape index (κ2) is 4.61. The van der Waals surface area contributed by atoms with Gasteiger partial charge in [0.15, 0.2) is 0 Å². The van der Waals surface area contributed by atoms with E-state index in [0.29, 0.717) is 34.0 Å². The molecule has 1 aromatic carbocycles. The number of anilines is 1. The highest BCUT2D eigenvalue weighted by molar-refractivity contribution is 6.33. The predicted molar refractivity (Wildman–Crippen MR) is 70.4 cm³/mol. The zero-order chi connectivity index (χ0) is 12.5. The minimum atomic E-state index is 0.398. The molecule has 2 N–H and O–H groups in total. The van der Waals surface area contributed by atoms with Gasteiger partial charge in [0.05, 0.1) is 10.6 Å². The number of nitrogens with two attached hydrogens (primary N) is 1. The van der Waals surface area contributed by atoms with Crippen molar-refractivity contribution in [3.63, 3.8) is 0 Å². The molecular formula is C13H14ClN3O. The summed E-state index contributed by atoms with van der Waals surface area (Å²) in [7, 11) is 0. The SMILES string of the molecule is Nc1cccc(Cl)c1-c1nnc(C2CCCC2)o1. The van der Waals surface area contributed by atoms with Crippen molar-refractivity contribution in [3.8, 4) is 11.5 Å². The molecule has 0 atom stereocenters. The van der Waals surface area contributed by atoms with Gasteiger partial charge in [-0.25, -0.2) is 0 Å². The molecule has 1 fully saturated rings. The third-order valence-electron chi connectivity index (χ3n) is 3.40. The molecule has 94 valence electrons. The Morgan fingerprint density at radius 3 is 2.72 bits per heavy atom. The Kier molecular flexibility index (Phi) is 2.96. The summed E-state index contributed by atoms with van der Waals surface area (Å²) in [5.74, 6) is 1.52. The van der Waals surface area contributed by atoms with Gasteiger partial charge in [0.2, 0.25) is 5.89 Å². The Labute approximate surface area is 110 Å². The number of aromatic nitrogens is 2. The second-order valence-electron chi connectivity index (χ2n) is 4.63. The maximum atomic E-state index is 6.13. The largest absolute Gasteiger partial charge is 0.420 e. The summed E-state index contributed by atoms with van der Waals surface area (Å²) in [5, 5.41) is 8.74. The quantitative estimate of drug-likeness (QED) is 0.841. The summed E-state index contributed by atoms with van der Waals surface area (Å²) in [4.78, 5) is 0. The van der Waals surface area contributed by atoms with Crippen LogP contribution in [0.2, 0.25) is 5.02 Å². The number of rotatable bonds is 2. The van der Waals surface area contributed by atoms with Crippen molar-refractivity contribution >= 4 is 17.3 Å². The average molecular weight is 264 g/mol. The Bertz CT molecular complexity index is 541. The summed E-state index contributed by atoms with van der Waals surface area (Å²) < 4.78 is 5.73. The zero-order valence-corrected chi connectivity index (χ0v) is 10.7. The zero-order valence-electron chi connectivity index (χ0n) is 9.90. The first kappa shape index (κ1) is 11.5. The lowest BCUT2D eigenvalue weighted by Gasteiger charge is -2.03. The van der Waals surface area contributed by atoms with Gasteiger partial charge < -0.3 is 10.2 Å². The summed E-state index contributed by atoms with van der Waals surface area (Å²) in [6, 6.07) is 5.35. The molecule has 5 heteroatoms.